The first kappa shape index (κ1) is 14.8. The van der Waals surface area contributed by atoms with E-state index in [-0.39, 0.29) is 5.76 Å². The van der Waals surface area contributed by atoms with E-state index in [9.17, 15) is 5.11 Å². The molecule has 4 heteroatoms. The van der Waals surface area contributed by atoms with Crippen molar-refractivity contribution in [1.29, 1.82) is 0 Å². The number of rotatable bonds is 5. The molecule has 0 fully saturated rings. The second-order valence-corrected chi connectivity index (χ2v) is 4.35. The number of aliphatic hydroxyl groups is 1. The highest BCUT2D eigenvalue weighted by Crippen LogP contribution is 2.39. The van der Waals surface area contributed by atoms with Crippen molar-refractivity contribution >= 4 is 5.76 Å². The van der Waals surface area contributed by atoms with Gasteiger partial charge in [0.1, 0.15) is 5.76 Å². The summed E-state index contributed by atoms with van der Waals surface area (Å²) in [5.74, 6) is 1.62. The summed E-state index contributed by atoms with van der Waals surface area (Å²) in [6.07, 6.45) is 11.3. The van der Waals surface area contributed by atoms with E-state index < -0.39 is 0 Å². The van der Waals surface area contributed by atoms with Crippen molar-refractivity contribution in [3.63, 3.8) is 0 Å². The van der Waals surface area contributed by atoms with Crippen LogP contribution in [0.25, 0.3) is 5.76 Å². The van der Waals surface area contributed by atoms with Crippen LogP contribution in [-0.4, -0.2) is 26.4 Å². The maximum absolute atomic E-state index is 10.2. The highest BCUT2D eigenvalue weighted by molar-refractivity contribution is 5.68. The van der Waals surface area contributed by atoms with E-state index in [1.165, 1.54) is 14.2 Å². The van der Waals surface area contributed by atoms with Gasteiger partial charge in [0.05, 0.1) is 21.3 Å². The van der Waals surface area contributed by atoms with Crippen molar-refractivity contribution in [1.82, 2.24) is 0 Å². The summed E-state index contributed by atoms with van der Waals surface area (Å²) in [7, 11) is 4.62. The quantitative estimate of drug-likeness (QED) is 0.839. The maximum atomic E-state index is 10.2. The molecule has 0 atom stereocenters. The van der Waals surface area contributed by atoms with Gasteiger partial charge in [-0.25, -0.2) is 0 Å². The Morgan fingerprint density at radius 2 is 1.52 bits per heavy atom. The largest absolute Gasteiger partial charge is 0.507 e. The van der Waals surface area contributed by atoms with Crippen LogP contribution in [0.3, 0.4) is 0 Å². The number of aliphatic hydroxyl groups excluding tert-OH is 1. The molecule has 0 radical (unpaired) electrons. The normalized spacial score (nSPS) is 13.5. The smallest absolute Gasteiger partial charge is 0.203 e. The number of benzene rings is 1. The molecule has 2 rings (SSSR count). The molecule has 4 nitrogen and oxygen atoms in total. The zero-order valence-electron chi connectivity index (χ0n) is 12.3. The lowest BCUT2D eigenvalue weighted by molar-refractivity contribution is 0.324. The van der Waals surface area contributed by atoms with Gasteiger partial charge >= 0.3 is 0 Å². The molecule has 0 saturated carbocycles. The average Bonchev–Trinajstić information content (AvgIpc) is 3.04. The van der Waals surface area contributed by atoms with Gasteiger partial charge in [-0.1, -0.05) is 30.4 Å². The van der Waals surface area contributed by atoms with E-state index in [1.807, 2.05) is 30.4 Å². The Morgan fingerprint density at radius 1 is 0.952 bits per heavy atom. The molecule has 110 valence electrons. The van der Waals surface area contributed by atoms with E-state index in [4.69, 9.17) is 14.2 Å². The predicted octanol–water partition coefficient (Wildman–Crippen LogP) is 3.66. The Kier molecular flexibility index (Phi) is 4.72. The zero-order chi connectivity index (χ0) is 15.2. The van der Waals surface area contributed by atoms with Crippen molar-refractivity contribution in [2.45, 2.75) is 0 Å². The van der Waals surface area contributed by atoms with Gasteiger partial charge in [-0.2, -0.15) is 0 Å². The molecular formula is C17H18O4. The average molecular weight is 286 g/mol. The van der Waals surface area contributed by atoms with Crippen LogP contribution in [0.2, 0.25) is 0 Å². The van der Waals surface area contributed by atoms with Crippen LogP contribution in [0.1, 0.15) is 5.56 Å². The first-order valence-corrected chi connectivity index (χ1v) is 6.45. The summed E-state index contributed by atoms with van der Waals surface area (Å²) >= 11 is 0. The number of allylic oxidation sites excluding steroid dienone is 7. The molecular weight excluding hydrogens is 268 g/mol. The summed E-state index contributed by atoms with van der Waals surface area (Å²) in [6.45, 7) is 0. The molecule has 1 aliphatic carbocycles. The lowest BCUT2D eigenvalue weighted by Gasteiger charge is -2.13. The summed E-state index contributed by atoms with van der Waals surface area (Å²) < 4.78 is 15.8. The lowest BCUT2D eigenvalue weighted by Crippen LogP contribution is -1.96. The van der Waals surface area contributed by atoms with Gasteiger partial charge < -0.3 is 19.3 Å². The fourth-order valence-electron chi connectivity index (χ4n) is 2.00. The molecule has 0 aliphatic heterocycles. The Bertz CT molecular complexity index is 597. The van der Waals surface area contributed by atoms with E-state index in [2.05, 4.69) is 0 Å². The van der Waals surface area contributed by atoms with Crippen LogP contribution in [0.5, 0.6) is 17.2 Å². The molecule has 0 aromatic heterocycles. The molecule has 0 bridgehead atoms. The van der Waals surface area contributed by atoms with Gasteiger partial charge in [0.25, 0.3) is 0 Å². The van der Waals surface area contributed by atoms with Crippen LogP contribution in [0, 0.1) is 0 Å². The second kappa shape index (κ2) is 6.70. The van der Waals surface area contributed by atoms with Crippen molar-refractivity contribution in [3.8, 4) is 17.2 Å². The van der Waals surface area contributed by atoms with Gasteiger partial charge in [-0.3, -0.25) is 0 Å². The van der Waals surface area contributed by atoms with Crippen molar-refractivity contribution in [2.75, 3.05) is 21.3 Å². The molecule has 1 aromatic rings. The van der Waals surface area contributed by atoms with Gasteiger partial charge in [0.15, 0.2) is 11.5 Å². The molecule has 1 aromatic carbocycles. The molecule has 0 heterocycles. The van der Waals surface area contributed by atoms with E-state index in [0.717, 1.165) is 5.57 Å². The van der Waals surface area contributed by atoms with Crippen molar-refractivity contribution < 1.29 is 19.3 Å². The van der Waals surface area contributed by atoms with Crippen LogP contribution in [-0.2, 0) is 0 Å². The highest BCUT2D eigenvalue weighted by atomic mass is 16.5. The van der Waals surface area contributed by atoms with Crippen LogP contribution in [0.15, 0.2) is 54.2 Å². The number of hydrogen-bond donors (Lipinski definition) is 1. The zero-order valence-corrected chi connectivity index (χ0v) is 12.3. The SMILES string of the molecule is COc1cc(C(O)=CC=C2C=CC=C2)cc(OC)c1OC. The number of ether oxygens (including phenoxy) is 3. The Hall–Kier alpha value is -2.62. The molecule has 0 spiro atoms. The molecule has 0 saturated heterocycles. The second-order valence-electron chi connectivity index (χ2n) is 4.35. The molecule has 1 aliphatic rings. The Labute approximate surface area is 124 Å². The monoisotopic (exact) mass is 286 g/mol. The van der Waals surface area contributed by atoms with Crippen molar-refractivity contribution in [3.05, 3.63) is 59.7 Å². The molecule has 0 amide bonds. The van der Waals surface area contributed by atoms with Crippen LogP contribution < -0.4 is 14.2 Å². The summed E-state index contributed by atoms with van der Waals surface area (Å²) in [4.78, 5) is 0. The van der Waals surface area contributed by atoms with E-state index in [1.54, 1.807) is 25.3 Å². The Morgan fingerprint density at radius 3 is 2.00 bits per heavy atom. The third-order valence-electron chi connectivity index (χ3n) is 3.08. The fraction of sp³-hybridized carbons (Fsp3) is 0.176. The van der Waals surface area contributed by atoms with Gasteiger partial charge in [-0.15, -0.1) is 0 Å². The van der Waals surface area contributed by atoms with Gasteiger partial charge in [0, 0.05) is 5.56 Å². The summed E-state index contributed by atoms with van der Waals surface area (Å²) in [5, 5.41) is 10.2. The molecule has 21 heavy (non-hydrogen) atoms. The fourth-order valence-corrected chi connectivity index (χ4v) is 2.00. The maximum Gasteiger partial charge on any atom is 0.203 e. The summed E-state index contributed by atoms with van der Waals surface area (Å²) in [6, 6.07) is 3.40. The van der Waals surface area contributed by atoms with Gasteiger partial charge in [-0.05, 0) is 23.8 Å². The minimum Gasteiger partial charge on any atom is -0.507 e. The minimum atomic E-state index is 0.121. The lowest BCUT2D eigenvalue weighted by atomic mass is 10.1. The highest BCUT2D eigenvalue weighted by Gasteiger charge is 2.14. The first-order chi connectivity index (χ1) is 10.2. The van der Waals surface area contributed by atoms with Crippen LogP contribution >= 0.6 is 0 Å². The third kappa shape index (κ3) is 3.28. The van der Waals surface area contributed by atoms with Crippen molar-refractivity contribution in [2.24, 2.45) is 0 Å². The number of hydrogen-bond acceptors (Lipinski definition) is 4. The Balaban J connectivity index is 2.39. The summed E-state index contributed by atoms with van der Waals surface area (Å²) in [5.41, 5.74) is 1.61. The van der Waals surface area contributed by atoms with Gasteiger partial charge in [0.2, 0.25) is 5.75 Å². The molecule has 1 N–H and O–H groups in total. The molecule has 0 unspecified atom stereocenters. The minimum absolute atomic E-state index is 0.121. The first-order valence-electron chi connectivity index (χ1n) is 6.45. The third-order valence-corrected chi connectivity index (χ3v) is 3.08. The predicted molar refractivity (Wildman–Crippen MR) is 83.1 cm³/mol. The van der Waals surface area contributed by atoms with E-state index in [0.29, 0.717) is 22.8 Å². The van der Waals surface area contributed by atoms with Crippen LogP contribution in [0.4, 0.5) is 0 Å². The topological polar surface area (TPSA) is 47.9 Å². The standard InChI is InChI=1S/C17H18O4/c1-19-15-10-13(11-16(20-2)17(15)21-3)14(18)9-8-12-6-4-5-7-12/h4-11,18H,1-3H3. The van der Waals surface area contributed by atoms with E-state index >= 15 is 0 Å². The number of methoxy groups -OCH3 is 3.